The molecule has 0 radical (unpaired) electrons. The number of nitrogens with one attached hydrogen (secondary N) is 1. The van der Waals surface area contributed by atoms with Crippen LogP contribution in [0.4, 0.5) is 17.3 Å². The first-order valence-corrected chi connectivity index (χ1v) is 9.52. The lowest BCUT2D eigenvalue weighted by molar-refractivity contribution is 0.462. The van der Waals surface area contributed by atoms with Gasteiger partial charge in [-0.05, 0) is 25.0 Å². The van der Waals surface area contributed by atoms with E-state index < -0.39 is 0 Å². The van der Waals surface area contributed by atoms with E-state index in [0.717, 1.165) is 37.8 Å². The van der Waals surface area contributed by atoms with E-state index in [0.29, 0.717) is 6.04 Å². The lowest BCUT2D eigenvalue weighted by atomic mass is 9.95. The second-order valence-electron chi connectivity index (χ2n) is 7.05. The number of hydrogen-bond donors (Lipinski definition) is 1. The molecule has 2 aliphatic rings. The summed E-state index contributed by atoms with van der Waals surface area (Å²) in [5.41, 5.74) is 1.31. The molecule has 0 amide bonds. The Morgan fingerprint density at radius 1 is 0.840 bits per heavy atom. The van der Waals surface area contributed by atoms with Crippen molar-refractivity contribution in [2.45, 2.75) is 38.1 Å². The topological polar surface area (TPSA) is 44.3 Å². The highest BCUT2D eigenvalue weighted by Crippen LogP contribution is 2.23. The summed E-state index contributed by atoms with van der Waals surface area (Å²) in [5, 5.41) is 3.61. The first-order valence-electron chi connectivity index (χ1n) is 9.52. The lowest BCUT2D eigenvalue weighted by Crippen LogP contribution is -2.46. The van der Waals surface area contributed by atoms with Gasteiger partial charge in [0, 0.05) is 44.0 Å². The zero-order valence-electron chi connectivity index (χ0n) is 14.8. The molecule has 0 bridgehead atoms. The molecule has 5 heteroatoms. The maximum atomic E-state index is 4.51. The van der Waals surface area contributed by atoms with Gasteiger partial charge < -0.3 is 15.1 Å². The molecule has 0 spiro atoms. The van der Waals surface area contributed by atoms with Crippen LogP contribution in [0.3, 0.4) is 0 Å². The van der Waals surface area contributed by atoms with Gasteiger partial charge in [-0.1, -0.05) is 37.5 Å². The van der Waals surface area contributed by atoms with Crippen LogP contribution in [0.5, 0.6) is 0 Å². The normalized spacial score (nSPS) is 19.0. The predicted octanol–water partition coefficient (Wildman–Crippen LogP) is 3.55. The Hall–Kier alpha value is -2.30. The maximum Gasteiger partial charge on any atom is 0.134 e. The third kappa shape index (κ3) is 4.03. The van der Waals surface area contributed by atoms with Crippen LogP contribution in [0.15, 0.2) is 42.7 Å². The molecule has 1 aliphatic carbocycles. The van der Waals surface area contributed by atoms with E-state index >= 15 is 0 Å². The minimum atomic E-state index is 0.575. The molecule has 4 rings (SSSR count). The van der Waals surface area contributed by atoms with Crippen LogP contribution in [0, 0.1) is 0 Å². The fraction of sp³-hybridized carbons (Fsp3) is 0.500. The summed E-state index contributed by atoms with van der Waals surface area (Å²) in [6.07, 6.45) is 8.25. The Labute approximate surface area is 150 Å². The predicted molar refractivity (Wildman–Crippen MR) is 103 cm³/mol. The van der Waals surface area contributed by atoms with Gasteiger partial charge in [0.1, 0.15) is 18.0 Å². The monoisotopic (exact) mass is 337 g/mol. The summed E-state index contributed by atoms with van der Waals surface area (Å²) in [6, 6.07) is 13.4. The van der Waals surface area contributed by atoms with Gasteiger partial charge in [0.25, 0.3) is 0 Å². The van der Waals surface area contributed by atoms with E-state index in [1.54, 1.807) is 6.33 Å². The Morgan fingerprint density at radius 3 is 2.32 bits per heavy atom. The van der Waals surface area contributed by atoms with E-state index in [2.05, 4.69) is 61.5 Å². The molecular formula is C20H27N5. The van der Waals surface area contributed by atoms with Gasteiger partial charge in [-0.25, -0.2) is 9.97 Å². The smallest absolute Gasteiger partial charge is 0.134 e. The highest BCUT2D eigenvalue weighted by atomic mass is 15.3. The average molecular weight is 337 g/mol. The van der Waals surface area contributed by atoms with E-state index in [9.17, 15) is 0 Å². The molecule has 2 aromatic rings. The molecule has 25 heavy (non-hydrogen) atoms. The third-order valence-corrected chi connectivity index (χ3v) is 5.33. The number of para-hydroxylation sites is 1. The molecule has 1 aliphatic heterocycles. The molecule has 132 valence electrons. The molecule has 0 unspecified atom stereocenters. The zero-order valence-corrected chi connectivity index (χ0v) is 14.8. The Morgan fingerprint density at radius 2 is 1.56 bits per heavy atom. The molecular weight excluding hydrogens is 310 g/mol. The number of anilines is 3. The fourth-order valence-corrected chi connectivity index (χ4v) is 3.89. The van der Waals surface area contributed by atoms with Gasteiger partial charge in [0.05, 0.1) is 0 Å². The van der Waals surface area contributed by atoms with E-state index in [1.807, 2.05) is 0 Å². The molecule has 1 aromatic heterocycles. The molecule has 2 fully saturated rings. The van der Waals surface area contributed by atoms with Crippen molar-refractivity contribution in [2.75, 3.05) is 41.3 Å². The Kier molecular flexibility index (Phi) is 5.00. The van der Waals surface area contributed by atoms with Crippen molar-refractivity contribution in [3.8, 4) is 0 Å². The summed E-state index contributed by atoms with van der Waals surface area (Å²) in [4.78, 5) is 13.8. The van der Waals surface area contributed by atoms with Crippen molar-refractivity contribution < 1.29 is 0 Å². The van der Waals surface area contributed by atoms with Gasteiger partial charge in [0.15, 0.2) is 0 Å². The highest BCUT2D eigenvalue weighted by Gasteiger charge is 2.19. The third-order valence-electron chi connectivity index (χ3n) is 5.33. The van der Waals surface area contributed by atoms with Crippen molar-refractivity contribution in [2.24, 2.45) is 0 Å². The standard InChI is InChI=1S/C20H27N5/c1-3-7-17(8-4-1)23-19-15-20(22-16-21-19)25-13-11-24(12-14-25)18-9-5-2-6-10-18/h2,5-6,9-10,15-17H,1,3-4,7-8,11-14H2,(H,21,22,23). The second-order valence-corrected chi connectivity index (χ2v) is 7.05. The van der Waals surface area contributed by atoms with E-state index in [-0.39, 0.29) is 0 Å². The first-order chi connectivity index (χ1) is 12.4. The summed E-state index contributed by atoms with van der Waals surface area (Å²) in [5.74, 6) is 2.02. The maximum absolute atomic E-state index is 4.51. The molecule has 1 aromatic carbocycles. The molecule has 5 nitrogen and oxygen atoms in total. The van der Waals surface area contributed by atoms with Crippen LogP contribution in [-0.2, 0) is 0 Å². The number of piperazine rings is 1. The fourth-order valence-electron chi connectivity index (χ4n) is 3.89. The molecule has 1 saturated heterocycles. The van der Waals surface area contributed by atoms with Gasteiger partial charge in [-0.2, -0.15) is 0 Å². The minimum absolute atomic E-state index is 0.575. The minimum Gasteiger partial charge on any atom is -0.368 e. The number of hydrogen-bond acceptors (Lipinski definition) is 5. The van der Waals surface area contributed by atoms with Crippen LogP contribution in [-0.4, -0.2) is 42.2 Å². The van der Waals surface area contributed by atoms with Crippen molar-refractivity contribution in [3.63, 3.8) is 0 Å². The number of benzene rings is 1. The van der Waals surface area contributed by atoms with Gasteiger partial charge in [0.2, 0.25) is 0 Å². The van der Waals surface area contributed by atoms with Crippen LogP contribution < -0.4 is 15.1 Å². The van der Waals surface area contributed by atoms with Crippen LogP contribution in [0.25, 0.3) is 0 Å². The summed E-state index contributed by atoms with van der Waals surface area (Å²) < 4.78 is 0. The van der Waals surface area contributed by atoms with Crippen LogP contribution in [0.1, 0.15) is 32.1 Å². The first kappa shape index (κ1) is 16.2. The van der Waals surface area contributed by atoms with Crippen molar-refractivity contribution in [1.29, 1.82) is 0 Å². The second kappa shape index (κ2) is 7.72. The molecule has 1 saturated carbocycles. The Bertz CT molecular complexity index is 661. The van der Waals surface area contributed by atoms with Crippen molar-refractivity contribution in [1.82, 2.24) is 9.97 Å². The van der Waals surface area contributed by atoms with Crippen LogP contribution in [0.2, 0.25) is 0 Å². The van der Waals surface area contributed by atoms with Gasteiger partial charge >= 0.3 is 0 Å². The van der Waals surface area contributed by atoms with E-state index in [4.69, 9.17) is 0 Å². The van der Waals surface area contributed by atoms with E-state index in [1.165, 1.54) is 37.8 Å². The van der Waals surface area contributed by atoms with Gasteiger partial charge in [-0.15, -0.1) is 0 Å². The van der Waals surface area contributed by atoms with Crippen molar-refractivity contribution >= 4 is 17.3 Å². The number of aromatic nitrogens is 2. The Balaban J connectivity index is 1.37. The zero-order chi connectivity index (χ0) is 16.9. The van der Waals surface area contributed by atoms with Crippen molar-refractivity contribution in [3.05, 3.63) is 42.7 Å². The lowest BCUT2D eigenvalue weighted by Gasteiger charge is -2.36. The SMILES string of the molecule is c1ccc(N2CCN(c3cc(NC4CCCCC4)ncn3)CC2)cc1. The highest BCUT2D eigenvalue weighted by molar-refractivity contribution is 5.52. The number of nitrogens with zero attached hydrogens (tertiary/aromatic N) is 4. The summed E-state index contributed by atoms with van der Waals surface area (Å²) >= 11 is 0. The average Bonchev–Trinajstić information content (AvgIpc) is 2.70. The summed E-state index contributed by atoms with van der Waals surface area (Å²) in [7, 11) is 0. The largest absolute Gasteiger partial charge is 0.368 e. The summed E-state index contributed by atoms with van der Waals surface area (Å²) in [6.45, 7) is 4.04. The van der Waals surface area contributed by atoms with Crippen LogP contribution >= 0.6 is 0 Å². The molecule has 1 N–H and O–H groups in total. The molecule has 0 atom stereocenters. The number of rotatable bonds is 4. The van der Waals surface area contributed by atoms with Gasteiger partial charge in [-0.3, -0.25) is 0 Å². The molecule has 2 heterocycles. The quantitative estimate of drug-likeness (QED) is 0.924.